The van der Waals surface area contributed by atoms with Crippen LogP contribution in [-0.4, -0.2) is 30.1 Å². The molecule has 0 fully saturated rings. The van der Waals surface area contributed by atoms with Gasteiger partial charge in [0.15, 0.2) is 0 Å². The Morgan fingerprint density at radius 2 is 1.89 bits per heavy atom. The Labute approximate surface area is 157 Å². The quantitative estimate of drug-likeness (QED) is 0.623. The molecule has 0 spiro atoms. The molecule has 0 aliphatic rings. The summed E-state index contributed by atoms with van der Waals surface area (Å²) in [6.45, 7) is 0.904. The van der Waals surface area contributed by atoms with Gasteiger partial charge in [0.1, 0.15) is 18.9 Å². The fourth-order valence-electron chi connectivity index (χ4n) is 2.74. The number of carbonyl (C=O) groups excluding carboxylic acids is 2. The molecular weight excluding hydrogens is 344 g/mol. The summed E-state index contributed by atoms with van der Waals surface area (Å²) in [5.41, 5.74) is 2.11. The highest BCUT2D eigenvalue weighted by Gasteiger charge is 2.08. The molecule has 0 atom stereocenters. The highest BCUT2D eigenvalue weighted by atomic mass is 16.5. The molecular formula is C21H22N2O4. The number of hydrogen-bond donors (Lipinski definition) is 1. The first-order valence-corrected chi connectivity index (χ1v) is 8.75. The van der Waals surface area contributed by atoms with Gasteiger partial charge in [-0.15, -0.1) is 0 Å². The van der Waals surface area contributed by atoms with Crippen molar-refractivity contribution < 1.29 is 19.1 Å². The molecule has 2 aromatic carbocycles. The van der Waals surface area contributed by atoms with Crippen molar-refractivity contribution in [2.75, 3.05) is 13.7 Å². The fourth-order valence-corrected chi connectivity index (χ4v) is 2.74. The van der Waals surface area contributed by atoms with E-state index in [9.17, 15) is 9.59 Å². The Morgan fingerprint density at radius 3 is 2.67 bits per heavy atom. The lowest BCUT2D eigenvalue weighted by molar-refractivity contribution is -0.141. The highest BCUT2D eigenvalue weighted by molar-refractivity contribution is 5.83. The smallest absolute Gasteiger partial charge is 0.325 e. The van der Waals surface area contributed by atoms with Crippen LogP contribution in [0, 0.1) is 0 Å². The van der Waals surface area contributed by atoms with Crippen LogP contribution in [0.4, 0.5) is 0 Å². The number of aromatic nitrogens is 1. The number of methoxy groups -OCH3 is 1. The van der Waals surface area contributed by atoms with E-state index in [0.717, 1.165) is 22.2 Å². The first kappa shape index (κ1) is 18.5. The fraction of sp³-hybridized carbons (Fsp3) is 0.238. The molecule has 1 aromatic heterocycles. The third kappa shape index (κ3) is 5.10. The van der Waals surface area contributed by atoms with Crippen molar-refractivity contribution in [3.63, 3.8) is 0 Å². The second-order valence-electron chi connectivity index (χ2n) is 6.11. The average molecular weight is 366 g/mol. The summed E-state index contributed by atoms with van der Waals surface area (Å²) in [4.78, 5) is 22.9. The third-order valence-corrected chi connectivity index (χ3v) is 4.23. The molecule has 3 rings (SSSR count). The zero-order valence-corrected chi connectivity index (χ0v) is 15.2. The third-order valence-electron chi connectivity index (χ3n) is 4.23. The van der Waals surface area contributed by atoms with Gasteiger partial charge in [0.05, 0.1) is 12.6 Å². The van der Waals surface area contributed by atoms with Crippen LogP contribution < -0.4 is 10.1 Å². The van der Waals surface area contributed by atoms with Crippen LogP contribution >= 0.6 is 0 Å². The number of nitrogens with zero attached hydrogens (tertiary/aromatic N) is 1. The van der Waals surface area contributed by atoms with Crippen LogP contribution in [0.25, 0.3) is 10.9 Å². The summed E-state index contributed by atoms with van der Waals surface area (Å²) in [7, 11) is 1.29. The van der Waals surface area contributed by atoms with Crippen molar-refractivity contribution >= 4 is 22.8 Å². The van der Waals surface area contributed by atoms with Gasteiger partial charge in [-0.3, -0.25) is 9.59 Å². The first-order valence-electron chi connectivity index (χ1n) is 8.75. The number of carbonyl (C=O) groups is 2. The van der Waals surface area contributed by atoms with Gasteiger partial charge in [-0.25, -0.2) is 0 Å². The van der Waals surface area contributed by atoms with E-state index in [0.29, 0.717) is 13.2 Å². The molecule has 0 bridgehead atoms. The molecule has 140 valence electrons. The number of esters is 1. The molecule has 0 aliphatic heterocycles. The van der Waals surface area contributed by atoms with Gasteiger partial charge in [0.2, 0.25) is 5.91 Å². The monoisotopic (exact) mass is 366 g/mol. The van der Waals surface area contributed by atoms with Crippen molar-refractivity contribution in [3.8, 4) is 5.75 Å². The lowest BCUT2D eigenvalue weighted by Crippen LogP contribution is -2.30. The minimum atomic E-state index is -0.463. The van der Waals surface area contributed by atoms with Gasteiger partial charge in [-0.1, -0.05) is 30.3 Å². The predicted octanol–water partition coefficient (Wildman–Crippen LogP) is 2.90. The summed E-state index contributed by atoms with van der Waals surface area (Å²) >= 11 is 0. The first-order chi connectivity index (χ1) is 13.2. The molecule has 1 heterocycles. The summed E-state index contributed by atoms with van der Waals surface area (Å²) < 4.78 is 12.4. The van der Waals surface area contributed by atoms with Crippen molar-refractivity contribution in [2.24, 2.45) is 0 Å². The molecule has 3 aromatic rings. The zero-order chi connectivity index (χ0) is 19.1. The van der Waals surface area contributed by atoms with Gasteiger partial charge in [-0.2, -0.15) is 0 Å². The second-order valence-corrected chi connectivity index (χ2v) is 6.11. The van der Waals surface area contributed by atoms with E-state index in [-0.39, 0.29) is 18.9 Å². The van der Waals surface area contributed by atoms with E-state index < -0.39 is 5.97 Å². The van der Waals surface area contributed by atoms with E-state index >= 15 is 0 Å². The minimum absolute atomic E-state index is 0.112. The van der Waals surface area contributed by atoms with E-state index in [4.69, 9.17) is 4.74 Å². The lowest BCUT2D eigenvalue weighted by Gasteiger charge is -2.09. The van der Waals surface area contributed by atoms with Gasteiger partial charge < -0.3 is 19.4 Å². The largest absolute Gasteiger partial charge is 0.489 e. The van der Waals surface area contributed by atoms with Crippen molar-refractivity contribution in [1.82, 2.24) is 9.88 Å². The highest BCUT2D eigenvalue weighted by Crippen LogP contribution is 2.23. The number of benzene rings is 2. The summed E-state index contributed by atoms with van der Waals surface area (Å²) in [6.07, 6.45) is 2.22. The minimum Gasteiger partial charge on any atom is -0.489 e. The maximum absolute atomic E-state index is 11.9. The Bertz CT molecular complexity index is 918. The number of fused-ring (bicyclic) bond motifs is 1. The van der Waals surface area contributed by atoms with E-state index in [1.54, 1.807) is 0 Å². The number of ether oxygens (including phenoxy) is 2. The molecule has 6 nitrogen and oxygen atoms in total. The Balaban J connectivity index is 1.61. The zero-order valence-electron chi connectivity index (χ0n) is 15.2. The molecule has 0 radical (unpaired) electrons. The van der Waals surface area contributed by atoms with Crippen LogP contribution in [0.15, 0.2) is 60.8 Å². The topological polar surface area (TPSA) is 69.6 Å². The molecule has 6 heteroatoms. The number of hydrogen-bond acceptors (Lipinski definition) is 4. The molecule has 0 aliphatic carbocycles. The Kier molecular flexibility index (Phi) is 6.10. The van der Waals surface area contributed by atoms with E-state index in [1.807, 2.05) is 65.4 Å². The lowest BCUT2D eigenvalue weighted by atomic mass is 10.2. The van der Waals surface area contributed by atoms with E-state index in [1.165, 1.54) is 7.11 Å². The maximum Gasteiger partial charge on any atom is 0.325 e. The Hall–Kier alpha value is -3.28. The average Bonchev–Trinajstić information content (AvgIpc) is 3.12. The van der Waals surface area contributed by atoms with E-state index in [2.05, 4.69) is 10.1 Å². The summed E-state index contributed by atoms with van der Waals surface area (Å²) in [6, 6.07) is 17.9. The molecule has 0 saturated heterocycles. The maximum atomic E-state index is 11.9. The predicted molar refractivity (Wildman–Crippen MR) is 102 cm³/mol. The summed E-state index contributed by atoms with van der Waals surface area (Å²) in [5, 5.41) is 3.62. The van der Waals surface area contributed by atoms with Gasteiger partial charge >= 0.3 is 5.97 Å². The van der Waals surface area contributed by atoms with Crippen LogP contribution in [0.1, 0.15) is 12.0 Å². The van der Waals surface area contributed by atoms with Crippen LogP contribution in [0.2, 0.25) is 0 Å². The molecule has 27 heavy (non-hydrogen) atoms. The van der Waals surface area contributed by atoms with Gasteiger partial charge in [-0.05, 0) is 29.1 Å². The SMILES string of the molecule is COC(=O)CNC(=O)CCn1ccc2ccc(OCc3ccccc3)cc21. The second kappa shape index (κ2) is 8.89. The molecule has 0 unspecified atom stereocenters. The number of amides is 1. The van der Waals surface area contributed by atoms with Crippen molar-refractivity contribution in [3.05, 3.63) is 66.4 Å². The molecule has 1 amide bonds. The number of aryl methyl sites for hydroxylation is 1. The van der Waals surface area contributed by atoms with Crippen molar-refractivity contribution in [1.29, 1.82) is 0 Å². The normalized spacial score (nSPS) is 10.6. The number of rotatable bonds is 8. The van der Waals surface area contributed by atoms with Gasteiger partial charge in [0.25, 0.3) is 0 Å². The van der Waals surface area contributed by atoms with Crippen LogP contribution in [-0.2, 0) is 27.5 Å². The standard InChI is InChI=1S/C21H22N2O4/c1-26-21(25)14-22-20(24)10-12-23-11-9-17-7-8-18(13-19(17)23)27-15-16-5-3-2-4-6-16/h2-9,11,13H,10,12,14-15H2,1H3,(H,22,24). The Morgan fingerprint density at radius 1 is 1.07 bits per heavy atom. The summed E-state index contributed by atoms with van der Waals surface area (Å²) in [5.74, 6) is 0.121. The number of nitrogens with one attached hydrogen (secondary N) is 1. The van der Waals surface area contributed by atoms with Crippen LogP contribution in [0.5, 0.6) is 5.75 Å². The van der Waals surface area contributed by atoms with Crippen LogP contribution in [0.3, 0.4) is 0 Å². The molecule has 0 saturated carbocycles. The van der Waals surface area contributed by atoms with Crippen molar-refractivity contribution in [2.45, 2.75) is 19.6 Å². The van der Waals surface area contributed by atoms with Gasteiger partial charge in [0, 0.05) is 25.2 Å². The molecule has 1 N–H and O–H groups in total.